The van der Waals surface area contributed by atoms with Gasteiger partial charge in [0.2, 0.25) is 11.8 Å². The van der Waals surface area contributed by atoms with Gasteiger partial charge in [0.05, 0.1) is 21.0 Å². The molecule has 13 heteroatoms. The van der Waals surface area contributed by atoms with E-state index >= 15 is 0 Å². The average molecular weight is 575 g/mol. The van der Waals surface area contributed by atoms with Gasteiger partial charge in [-0.2, -0.15) is 9.37 Å². The van der Waals surface area contributed by atoms with E-state index in [1.54, 1.807) is 42.1 Å². The number of hydrogen-bond acceptors (Lipinski definition) is 7. The lowest BCUT2D eigenvalue weighted by Crippen LogP contribution is -2.13. The van der Waals surface area contributed by atoms with Crippen molar-refractivity contribution < 1.29 is 22.1 Å². The first-order valence-electron chi connectivity index (χ1n) is 12.2. The summed E-state index contributed by atoms with van der Waals surface area (Å²) >= 11 is 0. The summed E-state index contributed by atoms with van der Waals surface area (Å²) in [7, 11) is -2.35. The Bertz CT molecular complexity index is 2120. The molecule has 1 N–H and O–H groups in total. The molecule has 0 radical (unpaired) electrons. The number of nitrogens with one attached hydrogen (secondary N) is 1. The van der Waals surface area contributed by atoms with Gasteiger partial charge >= 0.3 is 5.69 Å². The maximum Gasteiger partial charge on any atom is 0.306 e. The zero-order valence-electron chi connectivity index (χ0n) is 21.5. The number of aromatic nitrogens is 4. The van der Waals surface area contributed by atoms with Gasteiger partial charge < -0.3 is 9.88 Å². The van der Waals surface area contributed by atoms with Crippen LogP contribution in [-0.4, -0.2) is 31.8 Å². The highest BCUT2D eigenvalue weighted by atomic mass is 32.2. The number of hydrogen-bond donors (Lipinski definition) is 1. The Kier molecular flexibility index (Phi) is 6.03. The summed E-state index contributed by atoms with van der Waals surface area (Å²) in [6.07, 6.45) is 3.11. The maximum atomic E-state index is 14.0. The van der Waals surface area contributed by atoms with E-state index in [0.29, 0.717) is 27.5 Å². The fourth-order valence-corrected chi connectivity index (χ4v) is 5.97. The average Bonchev–Trinajstić information content (AvgIpc) is 3.51. The minimum Gasteiger partial charge on any atom is -0.350 e. The molecule has 0 saturated heterocycles. The maximum absolute atomic E-state index is 14.0. The molecule has 0 amide bonds. The number of nitrogens with zero attached hydrogens (tertiary/aromatic N) is 5. The molecule has 3 heterocycles. The topological polar surface area (TPSA) is 125 Å². The largest absolute Gasteiger partial charge is 0.350 e. The number of halogens is 2. The number of rotatable bonds is 6. The Hall–Kier alpha value is -5.17. The van der Waals surface area contributed by atoms with Crippen molar-refractivity contribution in [3.8, 4) is 11.3 Å². The van der Waals surface area contributed by atoms with Crippen LogP contribution in [0.4, 0.5) is 26.1 Å². The monoisotopic (exact) mass is 574 g/mol. The number of fused-ring (bicyclic) bond motifs is 2. The van der Waals surface area contributed by atoms with E-state index < -0.39 is 32.3 Å². The fourth-order valence-electron chi connectivity index (χ4n) is 4.68. The van der Waals surface area contributed by atoms with Crippen LogP contribution in [0.3, 0.4) is 0 Å². The highest BCUT2D eigenvalue weighted by Gasteiger charge is 2.24. The minimum absolute atomic E-state index is 0.0359. The van der Waals surface area contributed by atoms with E-state index in [9.17, 15) is 27.3 Å². The number of aryl methyl sites for hydroxylation is 2. The van der Waals surface area contributed by atoms with Crippen molar-refractivity contribution in [2.75, 3.05) is 5.32 Å². The second-order valence-electron chi connectivity index (χ2n) is 9.43. The molecule has 0 aliphatic heterocycles. The lowest BCUT2D eigenvalue weighted by Gasteiger charge is -2.11. The van der Waals surface area contributed by atoms with Crippen molar-refractivity contribution in [2.24, 2.45) is 7.05 Å². The van der Waals surface area contributed by atoms with Crippen molar-refractivity contribution in [1.29, 1.82) is 0 Å². The minimum atomic E-state index is -4.09. The van der Waals surface area contributed by atoms with Gasteiger partial charge in [-0.15, -0.1) is 0 Å². The molecule has 0 spiro atoms. The Balaban J connectivity index is 1.60. The van der Waals surface area contributed by atoms with Gasteiger partial charge in [-0.25, -0.2) is 21.8 Å². The zero-order valence-corrected chi connectivity index (χ0v) is 22.4. The Labute approximate surface area is 231 Å². The Morgan fingerprint density at radius 3 is 2.44 bits per heavy atom. The SMILES string of the molecule is Cc1ccc(S(=O)(=O)n2ccc3c(-c4cn(C)c5cc(F)ccc45)nc(Nc4ccc(F)c([N+](=O)[O-])c4)nc32)cc1. The van der Waals surface area contributed by atoms with Crippen LogP contribution in [-0.2, 0) is 17.1 Å². The van der Waals surface area contributed by atoms with Gasteiger partial charge in [0.1, 0.15) is 5.82 Å². The van der Waals surface area contributed by atoms with Crippen molar-refractivity contribution >= 4 is 49.3 Å². The summed E-state index contributed by atoms with van der Waals surface area (Å²) in [6.45, 7) is 1.84. The standard InChI is InChI=1S/C28H20F2N6O4S/c1-16-3-7-19(8-4-16)41(39,40)35-12-11-21-26(22-15-34(2)24-13-17(29)5-9-20(22)24)32-28(33-27(21)35)31-18-6-10-23(30)25(14-18)36(37)38/h3-15H,1-2H3,(H,31,32,33). The molecule has 6 aromatic rings. The molecule has 0 fully saturated rings. The fraction of sp³-hybridized carbons (Fsp3) is 0.0714. The van der Waals surface area contributed by atoms with E-state index in [4.69, 9.17) is 0 Å². The molecule has 41 heavy (non-hydrogen) atoms. The predicted octanol–water partition coefficient (Wildman–Crippen LogP) is 6.07. The van der Waals surface area contributed by atoms with Crippen LogP contribution in [0.2, 0.25) is 0 Å². The van der Waals surface area contributed by atoms with Crippen molar-refractivity contribution in [2.45, 2.75) is 11.8 Å². The van der Waals surface area contributed by atoms with Crippen molar-refractivity contribution in [1.82, 2.24) is 18.5 Å². The molecule has 3 aromatic carbocycles. The summed E-state index contributed by atoms with van der Waals surface area (Å²) in [6, 6.07) is 15.4. The molecule has 3 aromatic heterocycles. The second kappa shape index (κ2) is 9.48. The highest BCUT2D eigenvalue weighted by Crippen LogP contribution is 2.36. The summed E-state index contributed by atoms with van der Waals surface area (Å²) in [5.41, 5.74) is 1.78. The normalized spacial score (nSPS) is 11.8. The molecule has 206 valence electrons. The third kappa shape index (κ3) is 4.45. The Morgan fingerprint density at radius 1 is 0.951 bits per heavy atom. The van der Waals surface area contributed by atoms with Gasteiger partial charge in [-0.1, -0.05) is 17.7 Å². The molecule has 0 saturated carbocycles. The Morgan fingerprint density at radius 2 is 1.71 bits per heavy atom. The lowest BCUT2D eigenvalue weighted by molar-refractivity contribution is -0.387. The molecule has 0 atom stereocenters. The first-order chi connectivity index (χ1) is 19.5. The first-order valence-corrected chi connectivity index (χ1v) is 13.6. The predicted molar refractivity (Wildman–Crippen MR) is 149 cm³/mol. The van der Waals surface area contributed by atoms with Gasteiger partial charge in [0.25, 0.3) is 10.0 Å². The third-order valence-corrected chi connectivity index (χ3v) is 8.38. The van der Waals surface area contributed by atoms with Crippen molar-refractivity contribution in [3.63, 3.8) is 0 Å². The van der Waals surface area contributed by atoms with Crippen LogP contribution in [0.1, 0.15) is 5.56 Å². The van der Waals surface area contributed by atoms with Crippen LogP contribution in [0.25, 0.3) is 33.2 Å². The molecule has 0 aliphatic carbocycles. The zero-order chi connectivity index (χ0) is 29.1. The summed E-state index contributed by atoms with van der Waals surface area (Å²) in [4.78, 5) is 19.5. The quantitative estimate of drug-likeness (QED) is 0.189. The van der Waals surface area contributed by atoms with Crippen molar-refractivity contribution in [3.05, 3.63) is 106 Å². The number of nitro benzene ring substituents is 1. The smallest absolute Gasteiger partial charge is 0.306 e. The molecule has 0 aliphatic rings. The van der Waals surface area contributed by atoms with Crippen LogP contribution in [0, 0.1) is 28.7 Å². The number of benzene rings is 3. The van der Waals surface area contributed by atoms with Gasteiger partial charge in [-0.3, -0.25) is 10.1 Å². The van der Waals surface area contributed by atoms with Crippen LogP contribution in [0.15, 0.2) is 84.0 Å². The molecular weight excluding hydrogens is 554 g/mol. The second-order valence-corrected chi connectivity index (χ2v) is 11.2. The molecule has 0 unspecified atom stereocenters. The van der Waals surface area contributed by atoms with Gasteiger partial charge in [-0.05, 0) is 55.5 Å². The molecular formula is C28H20F2N6O4S. The van der Waals surface area contributed by atoms with E-state index in [0.717, 1.165) is 21.7 Å². The summed E-state index contributed by atoms with van der Waals surface area (Å²) < 4.78 is 58.1. The van der Waals surface area contributed by atoms with Gasteiger partial charge in [0, 0.05) is 47.5 Å². The third-order valence-electron chi connectivity index (χ3n) is 6.70. The van der Waals surface area contributed by atoms with E-state index in [-0.39, 0.29) is 22.2 Å². The number of nitro groups is 1. The lowest BCUT2D eigenvalue weighted by atomic mass is 10.1. The molecule has 0 bridgehead atoms. The summed E-state index contributed by atoms with van der Waals surface area (Å²) in [5.74, 6) is -1.53. The summed E-state index contributed by atoms with van der Waals surface area (Å²) in [5, 5.41) is 15.2. The first kappa shape index (κ1) is 26.1. The van der Waals surface area contributed by atoms with E-state index in [1.807, 2.05) is 6.92 Å². The van der Waals surface area contributed by atoms with Crippen LogP contribution < -0.4 is 5.32 Å². The molecule has 10 nitrogen and oxygen atoms in total. The number of anilines is 2. The van der Waals surface area contributed by atoms with Crippen LogP contribution in [0.5, 0.6) is 0 Å². The van der Waals surface area contributed by atoms with E-state index in [1.165, 1.54) is 36.5 Å². The molecule has 6 rings (SSSR count). The van der Waals surface area contributed by atoms with Gasteiger partial charge in [0.15, 0.2) is 5.65 Å². The highest BCUT2D eigenvalue weighted by molar-refractivity contribution is 7.90. The van der Waals surface area contributed by atoms with E-state index in [2.05, 4.69) is 15.3 Å². The van der Waals surface area contributed by atoms with Crippen LogP contribution >= 0.6 is 0 Å².